The molecule has 4 heteroatoms. The summed E-state index contributed by atoms with van der Waals surface area (Å²) in [7, 11) is 0. The molecule has 4 nitrogen and oxygen atoms in total. The standard InChI is InChI=1S/C10H14N4/c1-3-5-14(4-2)10-8-12-7-9(6-11)13-10/h1,7-8H,4-6,11H2,2H3. The van der Waals surface area contributed by atoms with Crippen molar-refractivity contribution in [2.75, 3.05) is 18.0 Å². The number of hydrogen-bond acceptors (Lipinski definition) is 4. The zero-order valence-corrected chi connectivity index (χ0v) is 8.27. The molecule has 14 heavy (non-hydrogen) atoms. The van der Waals surface area contributed by atoms with Gasteiger partial charge in [0, 0.05) is 19.3 Å². The van der Waals surface area contributed by atoms with Crippen LogP contribution < -0.4 is 10.6 Å². The zero-order chi connectivity index (χ0) is 10.4. The molecule has 0 spiro atoms. The molecule has 0 unspecified atom stereocenters. The van der Waals surface area contributed by atoms with Crippen LogP contribution in [0.1, 0.15) is 12.6 Å². The average molecular weight is 190 g/mol. The highest BCUT2D eigenvalue weighted by Gasteiger charge is 2.04. The van der Waals surface area contributed by atoms with Crippen LogP contribution in [0.15, 0.2) is 12.4 Å². The third kappa shape index (κ3) is 2.44. The van der Waals surface area contributed by atoms with Gasteiger partial charge in [-0.15, -0.1) is 6.42 Å². The van der Waals surface area contributed by atoms with E-state index in [4.69, 9.17) is 12.2 Å². The monoisotopic (exact) mass is 190 g/mol. The lowest BCUT2D eigenvalue weighted by Crippen LogP contribution is -2.24. The predicted molar refractivity (Wildman–Crippen MR) is 56.6 cm³/mol. The Bertz CT molecular complexity index is 329. The molecule has 0 amide bonds. The van der Waals surface area contributed by atoms with Crippen LogP contribution in [0, 0.1) is 12.3 Å². The van der Waals surface area contributed by atoms with Crippen molar-refractivity contribution in [2.45, 2.75) is 13.5 Å². The number of terminal acetylenes is 1. The molecular weight excluding hydrogens is 176 g/mol. The fourth-order valence-corrected chi connectivity index (χ4v) is 1.11. The van der Waals surface area contributed by atoms with Crippen LogP contribution in [0.5, 0.6) is 0 Å². The number of hydrogen-bond donors (Lipinski definition) is 1. The lowest BCUT2D eigenvalue weighted by atomic mass is 10.4. The smallest absolute Gasteiger partial charge is 0.148 e. The number of aromatic nitrogens is 2. The van der Waals surface area contributed by atoms with E-state index in [1.165, 1.54) is 0 Å². The van der Waals surface area contributed by atoms with Crippen LogP contribution in [0.2, 0.25) is 0 Å². The number of nitrogens with two attached hydrogens (primary N) is 1. The predicted octanol–water partition coefficient (Wildman–Crippen LogP) is 0.395. The molecule has 0 radical (unpaired) electrons. The van der Waals surface area contributed by atoms with Crippen LogP contribution in [-0.4, -0.2) is 23.1 Å². The first kappa shape index (κ1) is 10.5. The number of anilines is 1. The Morgan fingerprint density at radius 2 is 2.36 bits per heavy atom. The molecule has 0 saturated heterocycles. The van der Waals surface area contributed by atoms with Gasteiger partial charge in [0.05, 0.1) is 18.4 Å². The van der Waals surface area contributed by atoms with E-state index in [-0.39, 0.29) is 0 Å². The fourth-order valence-electron chi connectivity index (χ4n) is 1.11. The van der Waals surface area contributed by atoms with E-state index < -0.39 is 0 Å². The summed E-state index contributed by atoms with van der Waals surface area (Å²) in [6, 6.07) is 0. The van der Waals surface area contributed by atoms with Gasteiger partial charge in [-0.2, -0.15) is 0 Å². The summed E-state index contributed by atoms with van der Waals surface area (Å²) in [6.45, 7) is 3.77. The molecule has 0 aromatic carbocycles. The molecule has 1 rings (SSSR count). The molecule has 0 aliphatic carbocycles. The molecule has 2 N–H and O–H groups in total. The summed E-state index contributed by atoms with van der Waals surface area (Å²) in [6.07, 6.45) is 8.60. The van der Waals surface area contributed by atoms with Crippen molar-refractivity contribution < 1.29 is 0 Å². The SMILES string of the molecule is C#CCN(CC)c1cncc(CN)n1. The fraction of sp³-hybridized carbons (Fsp3) is 0.400. The maximum Gasteiger partial charge on any atom is 0.148 e. The first-order valence-corrected chi connectivity index (χ1v) is 4.51. The molecule has 0 bridgehead atoms. The summed E-state index contributed by atoms with van der Waals surface area (Å²) in [5.74, 6) is 3.37. The van der Waals surface area contributed by atoms with Crippen molar-refractivity contribution in [2.24, 2.45) is 5.73 Å². The van der Waals surface area contributed by atoms with Crippen LogP contribution in [0.4, 0.5) is 5.82 Å². The highest BCUT2D eigenvalue weighted by atomic mass is 15.2. The molecule has 0 saturated carbocycles. The maximum atomic E-state index is 5.47. The van der Waals surface area contributed by atoms with Gasteiger partial charge in [0.15, 0.2) is 0 Å². The average Bonchev–Trinajstić information content (AvgIpc) is 2.26. The van der Waals surface area contributed by atoms with Gasteiger partial charge in [-0.1, -0.05) is 5.92 Å². The van der Waals surface area contributed by atoms with E-state index in [1.807, 2.05) is 11.8 Å². The quantitative estimate of drug-likeness (QED) is 0.698. The molecule has 1 aromatic rings. The third-order valence-electron chi connectivity index (χ3n) is 1.87. The molecule has 1 aromatic heterocycles. The lowest BCUT2D eigenvalue weighted by Gasteiger charge is -2.18. The lowest BCUT2D eigenvalue weighted by molar-refractivity contribution is 0.861. The van der Waals surface area contributed by atoms with E-state index in [1.54, 1.807) is 12.4 Å². The van der Waals surface area contributed by atoms with Gasteiger partial charge in [-0.05, 0) is 6.92 Å². The minimum absolute atomic E-state index is 0.397. The van der Waals surface area contributed by atoms with E-state index >= 15 is 0 Å². The van der Waals surface area contributed by atoms with Crippen molar-refractivity contribution in [1.82, 2.24) is 9.97 Å². The largest absolute Gasteiger partial charge is 0.344 e. The normalized spacial score (nSPS) is 9.50. The minimum atomic E-state index is 0.397. The van der Waals surface area contributed by atoms with Crippen LogP contribution in [0.3, 0.4) is 0 Å². The minimum Gasteiger partial charge on any atom is -0.344 e. The van der Waals surface area contributed by atoms with Gasteiger partial charge in [0.1, 0.15) is 5.82 Å². The van der Waals surface area contributed by atoms with E-state index in [2.05, 4.69) is 15.9 Å². The second-order valence-corrected chi connectivity index (χ2v) is 2.79. The molecule has 1 heterocycles. The Kier molecular flexibility index (Phi) is 3.89. The third-order valence-corrected chi connectivity index (χ3v) is 1.87. The van der Waals surface area contributed by atoms with Crippen LogP contribution >= 0.6 is 0 Å². The van der Waals surface area contributed by atoms with E-state index in [0.717, 1.165) is 18.1 Å². The van der Waals surface area contributed by atoms with Gasteiger partial charge >= 0.3 is 0 Å². The Morgan fingerprint density at radius 1 is 1.57 bits per heavy atom. The summed E-state index contributed by atoms with van der Waals surface area (Å²) in [5, 5.41) is 0. The Hall–Kier alpha value is -1.60. The highest BCUT2D eigenvalue weighted by molar-refractivity contribution is 5.37. The van der Waals surface area contributed by atoms with Crippen LogP contribution in [0.25, 0.3) is 0 Å². The van der Waals surface area contributed by atoms with Crippen molar-refractivity contribution in [1.29, 1.82) is 0 Å². The second kappa shape index (κ2) is 5.20. The summed E-state index contributed by atoms with van der Waals surface area (Å²) < 4.78 is 0. The van der Waals surface area contributed by atoms with Gasteiger partial charge < -0.3 is 10.6 Å². The molecule has 0 fully saturated rings. The van der Waals surface area contributed by atoms with Gasteiger partial charge in [0.25, 0.3) is 0 Å². The first-order chi connectivity index (χ1) is 6.81. The Labute approximate surface area is 84.2 Å². The summed E-state index contributed by atoms with van der Waals surface area (Å²) in [5.41, 5.74) is 6.25. The van der Waals surface area contributed by atoms with Crippen molar-refractivity contribution in [3.05, 3.63) is 18.1 Å². The van der Waals surface area contributed by atoms with Crippen molar-refractivity contribution in [3.63, 3.8) is 0 Å². The van der Waals surface area contributed by atoms with Crippen LogP contribution in [-0.2, 0) is 6.54 Å². The Balaban J connectivity index is 2.87. The molecule has 74 valence electrons. The van der Waals surface area contributed by atoms with Gasteiger partial charge in [-0.3, -0.25) is 4.98 Å². The van der Waals surface area contributed by atoms with Crippen molar-refractivity contribution >= 4 is 5.82 Å². The van der Waals surface area contributed by atoms with E-state index in [0.29, 0.717) is 13.1 Å². The highest BCUT2D eigenvalue weighted by Crippen LogP contribution is 2.08. The van der Waals surface area contributed by atoms with E-state index in [9.17, 15) is 0 Å². The first-order valence-electron chi connectivity index (χ1n) is 4.51. The molecule has 0 aliphatic heterocycles. The summed E-state index contributed by atoms with van der Waals surface area (Å²) >= 11 is 0. The van der Waals surface area contributed by atoms with Gasteiger partial charge in [0.2, 0.25) is 0 Å². The second-order valence-electron chi connectivity index (χ2n) is 2.79. The molecule has 0 atom stereocenters. The molecular formula is C10H14N4. The Morgan fingerprint density at radius 3 is 2.93 bits per heavy atom. The maximum absolute atomic E-state index is 5.47. The number of rotatable bonds is 4. The van der Waals surface area contributed by atoms with Crippen molar-refractivity contribution in [3.8, 4) is 12.3 Å². The van der Waals surface area contributed by atoms with Gasteiger partial charge in [-0.25, -0.2) is 4.98 Å². The topological polar surface area (TPSA) is 55.0 Å². The molecule has 0 aliphatic rings. The zero-order valence-electron chi connectivity index (χ0n) is 8.27. The number of nitrogens with zero attached hydrogens (tertiary/aromatic N) is 3. The summed E-state index contributed by atoms with van der Waals surface area (Å²) in [4.78, 5) is 10.3.